The van der Waals surface area contributed by atoms with Crippen LogP contribution in [0.1, 0.15) is 26.0 Å². The number of nitrogens with zero attached hydrogens (tertiary/aromatic N) is 7. The highest BCUT2D eigenvalue weighted by Gasteiger charge is 2.45. The van der Waals surface area contributed by atoms with E-state index in [1.165, 1.54) is 17.8 Å². The number of nitrogens with one attached hydrogen (secondary N) is 1. The number of carbonyl (C=O) groups is 1. The van der Waals surface area contributed by atoms with E-state index in [1.54, 1.807) is 19.4 Å². The Kier molecular flexibility index (Phi) is 5.67. The fraction of sp³-hybridized carbons (Fsp3) is 0.429. The van der Waals surface area contributed by atoms with E-state index in [-0.39, 0.29) is 17.7 Å². The minimum atomic E-state index is -3.16. The Morgan fingerprint density at radius 1 is 1.39 bits per heavy atom. The number of fused-ring (bicyclic) bond motifs is 1. The molecule has 0 atom stereocenters. The van der Waals surface area contributed by atoms with E-state index in [4.69, 9.17) is 4.74 Å². The molecule has 10 nitrogen and oxygen atoms in total. The largest absolute Gasteiger partial charge is 0.385 e. The van der Waals surface area contributed by atoms with Crippen LogP contribution >= 0.6 is 0 Å². The summed E-state index contributed by atoms with van der Waals surface area (Å²) in [5.41, 5.74) is -0.524. The van der Waals surface area contributed by atoms with Gasteiger partial charge in [0.15, 0.2) is 5.82 Å². The van der Waals surface area contributed by atoms with Crippen molar-refractivity contribution in [1.82, 2.24) is 24.7 Å². The van der Waals surface area contributed by atoms with Crippen molar-refractivity contribution in [3.63, 3.8) is 0 Å². The highest BCUT2D eigenvalue weighted by atomic mass is 19.3. The Bertz CT molecular complexity index is 1240. The van der Waals surface area contributed by atoms with Gasteiger partial charge in [0.05, 0.1) is 22.4 Å². The Morgan fingerprint density at radius 3 is 2.79 bits per heavy atom. The predicted molar refractivity (Wildman–Crippen MR) is 115 cm³/mol. The molecule has 1 aliphatic heterocycles. The van der Waals surface area contributed by atoms with Gasteiger partial charge < -0.3 is 15.0 Å². The fourth-order valence-corrected chi connectivity index (χ4v) is 3.74. The molecule has 0 bridgehead atoms. The van der Waals surface area contributed by atoms with Crippen molar-refractivity contribution in [2.24, 2.45) is 5.41 Å². The van der Waals surface area contributed by atoms with Gasteiger partial charge in [0.2, 0.25) is 5.91 Å². The number of hydrogen-bond donors (Lipinski definition) is 1. The number of rotatable bonds is 7. The van der Waals surface area contributed by atoms with E-state index >= 15 is 0 Å². The molecule has 1 amide bonds. The molecule has 1 fully saturated rings. The van der Waals surface area contributed by atoms with Gasteiger partial charge in [0.25, 0.3) is 11.9 Å². The van der Waals surface area contributed by atoms with Crippen molar-refractivity contribution in [1.29, 1.82) is 5.26 Å². The zero-order valence-electron chi connectivity index (χ0n) is 18.3. The Morgan fingerprint density at radius 2 is 2.15 bits per heavy atom. The zero-order chi connectivity index (χ0) is 23.8. The van der Waals surface area contributed by atoms with Crippen molar-refractivity contribution in [2.45, 2.75) is 26.2 Å². The van der Waals surface area contributed by atoms with Crippen LogP contribution in [0.15, 0.2) is 24.5 Å². The summed E-state index contributed by atoms with van der Waals surface area (Å²) in [4.78, 5) is 25.8. The molecule has 3 aromatic rings. The summed E-state index contributed by atoms with van der Waals surface area (Å²) in [6.07, 6.45) is 3.36. The van der Waals surface area contributed by atoms with E-state index in [0.717, 1.165) is 13.0 Å². The van der Waals surface area contributed by atoms with Gasteiger partial charge in [0, 0.05) is 59.1 Å². The van der Waals surface area contributed by atoms with E-state index in [9.17, 15) is 18.8 Å². The molecule has 4 heterocycles. The quantitative estimate of drug-likeness (QED) is 0.576. The number of carbonyl (C=O) groups excluding carboxylic acids is 1. The van der Waals surface area contributed by atoms with Crippen molar-refractivity contribution < 1.29 is 18.3 Å². The third-order valence-electron chi connectivity index (χ3n) is 5.44. The van der Waals surface area contributed by atoms with Gasteiger partial charge in [-0.1, -0.05) is 0 Å². The Hall–Kier alpha value is -3.72. The second-order valence-electron chi connectivity index (χ2n) is 8.12. The molecule has 3 aromatic heterocycles. The summed E-state index contributed by atoms with van der Waals surface area (Å²) >= 11 is 0. The van der Waals surface area contributed by atoms with E-state index in [1.807, 2.05) is 4.90 Å². The first kappa shape index (κ1) is 22.5. The van der Waals surface area contributed by atoms with Crippen LogP contribution in [0.2, 0.25) is 0 Å². The number of methoxy groups -OCH3 is 1. The minimum absolute atomic E-state index is 0.0447. The maximum absolute atomic E-state index is 13.9. The van der Waals surface area contributed by atoms with Gasteiger partial charge in [-0.05, 0) is 12.5 Å². The third kappa shape index (κ3) is 4.31. The van der Waals surface area contributed by atoms with E-state index in [2.05, 4.69) is 31.4 Å². The highest BCUT2D eigenvalue weighted by molar-refractivity contribution is 5.95. The van der Waals surface area contributed by atoms with Gasteiger partial charge in [-0.3, -0.25) is 4.79 Å². The lowest BCUT2D eigenvalue weighted by Crippen LogP contribution is -2.56. The van der Waals surface area contributed by atoms with Crippen LogP contribution in [0.25, 0.3) is 16.9 Å². The summed E-state index contributed by atoms with van der Waals surface area (Å²) in [5.74, 6) is -2.71. The zero-order valence-corrected chi connectivity index (χ0v) is 18.3. The molecule has 0 unspecified atom stereocenters. The minimum Gasteiger partial charge on any atom is -0.385 e. The fourth-order valence-electron chi connectivity index (χ4n) is 3.74. The number of ether oxygens (including phenoxy) is 1. The summed E-state index contributed by atoms with van der Waals surface area (Å²) < 4.78 is 34.2. The van der Waals surface area contributed by atoms with E-state index < -0.39 is 17.0 Å². The molecule has 33 heavy (non-hydrogen) atoms. The molecule has 0 radical (unpaired) electrons. The molecular weight excluding hydrogens is 434 g/mol. The SMILES string of the molecule is COCCC1(C#N)CN(c2nn(-c3nccc(C(C)(F)F)n3)c3cc(NC(C)=O)ncc23)C1. The lowest BCUT2D eigenvalue weighted by Gasteiger charge is -2.45. The Labute approximate surface area is 188 Å². The lowest BCUT2D eigenvalue weighted by molar-refractivity contribution is -0.114. The third-order valence-corrected chi connectivity index (χ3v) is 5.44. The second kappa shape index (κ2) is 8.32. The summed E-state index contributed by atoms with van der Waals surface area (Å²) in [5, 5.41) is 17.4. The van der Waals surface area contributed by atoms with Crippen LogP contribution in [0.4, 0.5) is 20.4 Å². The number of amides is 1. The monoisotopic (exact) mass is 456 g/mol. The maximum Gasteiger partial charge on any atom is 0.287 e. The number of aromatic nitrogens is 5. The van der Waals surface area contributed by atoms with Crippen LogP contribution in [0.5, 0.6) is 0 Å². The summed E-state index contributed by atoms with van der Waals surface area (Å²) in [6, 6.07) is 5.09. The first-order chi connectivity index (χ1) is 15.7. The number of pyridine rings is 1. The molecule has 1 aliphatic rings. The summed E-state index contributed by atoms with van der Waals surface area (Å²) in [6.45, 7) is 3.43. The van der Waals surface area contributed by atoms with Crippen LogP contribution in [0.3, 0.4) is 0 Å². The second-order valence-corrected chi connectivity index (χ2v) is 8.12. The van der Waals surface area contributed by atoms with Crippen LogP contribution < -0.4 is 10.2 Å². The number of anilines is 2. The maximum atomic E-state index is 13.9. The first-order valence-corrected chi connectivity index (χ1v) is 10.2. The highest BCUT2D eigenvalue weighted by Crippen LogP contribution is 2.40. The van der Waals surface area contributed by atoms with Gasteiger partial charge in [0.1, 0.15) is 11.5 Å². The average molecular weight is 456 g/mol. The topological polar surface area (TPSA) is 122 Å². The molecule has 0 spiro atoms. The van der Waals surface area contributed by atoms with Crippen molar-refractivity contribution in [2.75, 3.05) is 37.0 Å². The van der Waals surface area contributed by atoms with Crippen molar-refractivity contribution in [3.8, 4) is 12.0 Å². The molecule has 0 aliphatic carbocycles. The van der Waals surface area contributed by atoms with Gasteiger partial charge >= 0.3 is 0 Å². The van der Waals surface area contributed by atoms with Gasteiger partial charge in [-0.2, -0.15) is 18.7 Å². The molecule has 1 saturated heterocycles. The predicted octanol–water partition coefficient (Wildman–Crippen LogP) is 2.65. The Balaban J connectivity index is 1.79. The summed E-state index contributed by atoms with van der Waals surface area (Å²) in [7, 11) is 1.59. The van der Waals surface area contributed by atoms with Gasteiger partial charge in [-0.25, -0.2) is 15.0 Å². The number of halogens is 2. The first-order valence-electron chi connectivity index (χ1n) is 10.2. The normalized spacial score (nSPS) is 15.2. The van der Waals surface area contributed by atoms with Crippen molar-refractivity contribution in [3.05, 3.63) is 30.2 Å². The lowest BCUT2D eigenvalue weighted by atomic mass is 9.78. The molecule has 1 N–H and O–H groups in total. The average Bonchev–Trinajstić information content (AvgIpc) is 3.11. The van der Waals surface area contributed by atoms with E-state index in [0.29, 0.717) is 42.8 Å². The molecular formula is C21H22F2N8O2. The standard InChI is InChI=1S/C21H22F2N8O2/c1-13(32)27-17-8-15-14(9-26-17)18(30-11-21(10-24,12-30)5-7-33-3)29-31(15)19-25-6-4-16(28-19)20(2,22)23/h4,6,8-9H,5,7,11-12H2,1-3H3,(H,26,27,32). The van der Waals surface area contributed by atoms with Crippen molar-refractivity contribution >= 4 is 28.4 Å². The number of alkyl halides is 2. The molecule has 0 saturated carbocycles. The number of nitriles is 1. The molecule has 4 rings (SSSR count). The van der Waals surface area contributed by atoms with Gasteiger partial charge in [-0.15, -0.1) is 5.10 Å². The van der Waals surface area contributed by atoms with Crippen LogP contribution in [-0.4, -0.2) is 57.4 Å². The molecule has 0 aromatic carbocycles. The smallest absolute Gasteiger partial charge is 0.287 e. The van der Waals surface area contributed by atoms with Crippen LogP contribution in [0, 0.1) is 16.7 Å². The molecule has 12 heteroatoms. The molecule has 172 valence electrons. The number of hydrogen-bond acceptors (Lipinski definition) is 8. The van der Waals surface area contributed by atoms with Crippen LogP contribution in [-0.2, 0) is 15.5 Å².